The van der Waals surface area contributed by atoms with E-state index in [4.69, 9.17) is 17.3 Å². The van der Waals surface area contributed by atoms with Crippen molar-refractivity contribution in [1.29, 1.82) is 0 Å². The minimum absolute atomic E-state index is 0.159. The SMILES string of the molecule is NC(c1ccccc1Br)c1sccc1Cl. The van der Waals surface area contributed by atoms with Crippen molar-refractivity contribution in [3.8, 4) is 0 Å². The van der Waals surface area contributed by atoms with Crippen LogP contribution in [0.4, 0.5) is 0 Å². The highest BCUT2D eigenvalue weighted by Crippen LogP contribution is 2.33. The van der Waals surface area contributed by atoms with E-state index in [-0.39, 0.29) is 6.04 Å². The summed E-state index contributed by atoms with van der Waals surface area (Å²) in [5.41, 5.74) is 7.22. The van der Waals surface area contributed by atoms with E-state index in [0.717, 1.165) is 19.9 Å². The van der Waals surface area contributed by atoms with Crippen molar-refractivity contribution in [2.75, 3.05) is 0 Å². The molecule has 0 aliphatic carbocycles. The van der Waals surface area contributed by atoms with E-state index < -0.39 is 0 Å². The van der Waals surface area contributed by atoms with Crippen molar-refractivity contribution in [1.82, 2.24) is 0 Å². The molecule has 1 heterocycles. The summed E-state index contributed by atoms with van der Waals surface area (Å²) < 4.78 is 1.02. The average Bonchev–Trinajstić information content (AvgIpc) is 2.64. The van der Waals surface area contributed by atoms with Crippen LogP contribution >= 0.6 is 38.9 Å². The average molecular weight is 303 g/mol. The van der Waals surface area contributed by atoms with Crippen LogP contribution in [0.25, 0.3) is 0 Å². The highest BCUT2D eigenvalue weighted by Gasteiger charge is 2.15. The molecule has 0 saturated carbocycles. The zero-order valence-corrected chi connectivity index (χ0v) is 10.9. The van der Waals surface area contributed by atoms with Gasteiger partial charge in [0, 0.05) is 9.35 Å². The molecule has 0 aliphatic rings. The van der Waals surface area contributed by atoms with Gasteiger partial charge in [0.1, 0.15) is 0 Å². The normalized spacial score (nSPS) is 12.7. The van der Waals surface area contributed by atoms with E-state index in [0.29, 0.717) is 0 Å². The van der Waals surface area contributed by atoms with E-state index in [1.54, 1.807) is 11.3 Å². The van der Waals surface area contributed by atoms with Gasteiger partial charge in [-0.2, -0.15) is 0 Å². The Hall–Kier alpha value is -0.350. The van der Waals surface area contributed by atoms with Crippen LogP contribution < -0.4 is 5.73 Å². The lowest BCUT2D eigenvalue weighted by atomic mass is 10.1. The third-order valence-corrected chi connectivity index (χ3v) is 4.33. The van der Waals surface area contributed by atoms with Gasteiger partial charge in [0.25, 0.3) is 0 Å². The van der Waals surface area contributed by atoms with Crippen LogP contribution in [-0.4, -0.2) is 0 Å². The Balaban J connectivity index is 2.41. The van der Waals surface area contributed by atoms with Crippen LogP contribution in [0, 0.1) is 0 Å². The van der Waals surface area contributed by atoms with Crippen molar-refractivity contribution >= 4 is 38.9 Å². The summed E-state index contributed by atoms with van der Waals surface area (Å²) in [6, 6.07) is 9.64. The van der Waals surface area contributed by atoms with Gasteiger partial charge in [-0.3, -0.25) is 0 Å². The first-order valence-electron chi connectivity index (χ1n) is 4.43. The summed E-state index contributed by atoms with van der Waals surface area (Å²) in [7, 11) is 0. The van der Waals surface area contributed by atoms with E-state index in [9.17, 15) is 0 Å². The van der Waals surface area contributed by atoms with Crippen molar-refractivity contribution in [2.24, 2.45) is 5.73 Å². The van der Waals surface area contributed by atoms with Crippen LogP contribution in [0.5, 0.6) is 0 Å². The molecule has 0 aliphatic heterocycles. The second kappa shape index (κ2) is 4.66. The zero-order valence-electron chi connectivity index (χ0n) is 7.78. The second-order valence-electron chi connectivity index (χ2n) is 3.13. The van der Waals surface area contributed by atoms with Crippen molar-refractivity contribution in [3.63, 3.8) is 0 Å². The molecule has 1 aromatic carbocycles. The Morgan fingerprint density at radius 1 is 1.27 bits per heavy atom. The lowest BCUT2D eigenvalue weighted by molar-refractivity contribution is 0.888. The Bertz CT molecular complexity index is 469. The molecule has 0 amide bonds. The highest BCUT2D eigenvalue weighted by atomic mass is 79.9. The van der Waals surface area contributed by atoms with Gasteiger partial charge in [-0.15, -0.1) is 11.3 Å². The summed E-state index contributed by atoms with van der Waals surface area (Å²) in [4.78, 5) is 1.00. The summed E-state index contributed by atoms with van der Waals surface area (Å²) in [6.07, 6.45) is 0. The fraction of sp³-hybridized carbons (Fsp3) is 0.0909. The maximum atomic E-state index is 6.16. The Morgan fingerprint density at radius 3 is 2.60 bits per heavy atom. The standard InChI is InChI=1S/C11H9BrClNS/c12-8-4-2-1-3-7(8)10(14)11-9(13)5-6-15-11/h1-6,10H,14H2. The molecule has 78 valence electrons. The second-order valence-corrected chi connectivity index (χ2v) is 5.34. The molecule has 1 aromatic heterocycles. The number of hydrogen-bond acceptors (Lipinski definition) is 2. The minimum atomic E-state index is -0.159. The summed E-state index contributed by atoms with van der Waals surface area (Å²) in [6.45, 7) is 0. The van der Waals surface area contributed by atoms with Crippen LogP contribution in [-0.2, 0) is 0 Å². The summed E-state index contributed by atoms with van der Waals surface area (Å²) >= 11 is 11.1. The molecule has 0 radical (unpaired) electrons. The summed E-state index contributed by atoms with van der Waals surface area (Å²) in [5.74, 6) is 0. The van der Waals surface area contributed by atoms with Gasteiger partial charge in [0.05, 0.1) is 11.1 Å². The molecule has 0 saturated heterocycles. The molecule has 1 atom stereocenters. The van der Waals surface area contributed by atoms with Crippen LogP contribution in [0.1, 0.15) is 16.5 Å². The molecule has 2 rings (SSSR count). The Morgan fingerprint density at radius 2 is 2.00 bits per heavy atom. The van der Waals surface area contributed by atoms with Gasteiger partial charge in [0.15, 0.2) is 0 Å². The molecule has 0 spiro atoms. The number of benzene rings is 1. The highest BCUT2D eigenvalue weighted by molar-refractivity contribution is 9.10. The predicted molar refractivity (Wildman–Crippen MR) is 69.5 cm³/mol. The maximum Gasteiger partial charge on any atom is 0.0672 e. The molecule has 0 fully saturated rings. The van der Waals surface area contributed by atoms with Gasteiger partial charge in [0.2, 0.25) is 0 Å². The van der Waals surface area contributed by atoms with Crippen LogP contribution in [0.2, 0.25) is 5.02 Å². The van der Waals surface area contributed by atoms with E-state index in [1.807, 2.05) is 35.7 Å². The topological polar surface area (TPSA) is 26.0 Å². The predicted octanol–water partition coefficient (Wildman–Crippen LogP) is 4.21. The molecule has 0 bridgehead atoms. The number of hydrogen-bond donors (Lipinski definition) is 1. The molecule has 2 N–H and O–H groups in total. The molecule has 15 heavy (non-hydrogen) atoms. The number of thiophene rings is 1. The van der Waals surface area contributed by atoms with Crippen LogP contribution in [0.15, 0.2) is 40.2 Å². The van der Waals surface area contributed by atoms with E-state index in [1.165, 1.54) is 0 Å². The lowest BCUT2D eigenvalue weighted by Crippen LogP contribution is -2.11. The van der Waals surface area contributed by atoms with Crippen molar-refractivity contribution in [3.05, 3.63) is 55.6 Å². The number of rotatable bonds is 2. The first-order chi connectivity index (χ1) is 7.20. The van der Waals surface area contributed by atoms with Crippen molar-refractivity contribution < 1.29 is 0 Å². The fourth-order valence-corrected chi connectivity index (χ4v) is 3.12. The lowest BCUT2D eigenvalue weighted by Gasteiger charge is -2.12. The maximum absolute atomic E-state index is 6.16. The molecule has 2 aromatic rings. The monoisotopic (exact) mass is 301 g/mol. The van der Waals surface area contributed by atoms with Gasteiger partial charge in [-0.05, 0) is 23.1 Å². The van der Waals surface area contributed by atoms with E-state index in [2.05, 4.69) is 15.9 Å². The molecular weight excluding hydrogens is 294 g/mol. The first-order valence-corrected chi connectivity index (χ1v) is 6.48. The van der Waals surface area contributed by atoms with E-state index >= 15 is 0 Å². The van der Waals surface area contributed by atoms with Crippen molar-refractivity contribution in [2.45, 2.75) is 6.04 Å². The molecule has 1 nitrogen and oxygen atoms in total. The number of halogens is 2. The minimum Gasteiger partial charge on any atom is -0.320 e. The quantitative estimate of drug-likeness (QED) is 0.883. The Kier molecular flexibility index (Phi) is 3.46. The fourth-order valence-electron chi connectivity index (χ4n) is 1.40. The first kappa shape index (κ1) is 11.1. The third kappa shape index (κ3) is 2.26. The molecule has 4 heteroatoms. The third-order valence-electron chi connectivity index (χ3n) is 2.17. The van der Waals surface area contributed by atoms with Crippen LogP contribution in [0.3, 0.4) is 0 Å². The van der Waals surface area contributed by atoms with Gasteiger partial charge < -0.3 is 5.73 Å². The van der Waals surface area contributed by atoms with Gasteiger partial charge in [-0.25, -0.2) is 0 Å². The van der Waals surface area contributed by atoms with Gasteiger partial charge >= 0.3 is 0 Å². The zero-order chi connectivity index (χ0) is 10.8. The largest absolute Gasteiger partial charge is 0.320 e. The molecule has 1 unspecified atom stereocenters. The molecular formula is C11H9BrClNS. The number of nitrogens with two attached hydrogens (primary N) is 1. The van der Waals surface area contributed by atoms with Gasteiger partial charge in [-0.1, -0.05) is 45.7 Å². The smallest absolute Gasteiger partial charge is 0.0672 e. The summed E-state index contributed by atoms with van der Waals surface area (Å²) in [5, 5.41) is 2.69. The Labute approximate surface area is 106 Å².